The first-order valence-corrected chi connectivity index (χ1v) is 11.8. The molecule has 3 saturated carbocycles. The van der Waals surface area contributed by atoms with Crippen LogP contribution in [-0.4, -0.2) is 54.2 Å². The average molecular weight is 465 g/mol. The lowest BCUT2D eigenvalue weighted by atomic mass is 9.41. The third-order valence-electron chi connectivity index (χ3n) is 9.13. The minimum atomic E-state index is -1.14. The molecule has 1 aliphatic heterocycles. The van der Waals surface area contributed by atoms with Gasteiger partial charge in [-0.25, -0.2) is 4.79 Å². The van der Waals surface area contributed by atoms with Crippen LogP contribution in [0.3, 0.4) is 0 Å². The number of ether oxygens (including phenoxy) is 4. The van der Waals surface area contributed by atoms with Gasteiger partial charge in [0.1, 0.15) is 12.2 Å². The summed E-state index contributed by atoms with van der Waals surface area (Å²) in [6, 6.07) is 0. The van der Waals surface area contributed by atoms with E-state index in [2.05, 4.69) is 6.92 Å². The third kappa shape index (κ3) is 3.43. The zero-order valence-corrected chi connectivity index (χ0v) is 20.5. The number of rotatable bonds is 3. The van der Waals surface area contributed by atoms with Crippen molar-refractivity contribution in [2.45, 2.75) is 84.9 Å². The highest BCUT2D eigenvalue weighted by molar-refractivity contribution is 5.86. The molecule has 3 fully saturated rings. The molecule has 3 aliphatic carbocycles. The van der Waals surface area contributed by atoms with E-state index in [9.17, 15) is 19.5 Å². The van der Waals surface area contributed by atoms with Crippen LogP contribution in [0.5, 0.6) is 0 Å². The van der Waals surface area contributed by atoms with Crippen molar-refractivity contribution in [2.75, 3.05) is 7.11 Å². The highest BCUT2D eigenvalue weighted by atomic mass is 16.7. The van der Waals surface area contributed by atoms with Crippen LogP contribution < -0.4 is 0 Å². The topological polar surface area (TPSA) is 108 Å². The van der Waals surface area contributed by atoms with E-state index >= 15 is 0 Å². The molecule has 0 spiro atoms. The van der Waals surface area contributed by atoms with Crippen molar-refractivity contribution in [2.24, 2.45) is 34.5 Å². The normalized spacial score (nSPS) is 45.6. The molecule has 0 bridgehead atoms. The van der Waals surface area contributed by atoms with Gasteiger partial charge < -0.3 is 24.1 Å². The summed E-state index contributed by atoms with van der Waals surface area (Å²) in [5.41, 5.74) is -0.229. The zero-order chi connectivity index (χ0) is 24.5. The molecule has 1 N–H and O–H groups in total. The number of hydrogen-bond acceptors (Lipinski definition) is 8. The third-order valence-corrected chi connectivity index (χ3v) is 9.13. The van der Waals surface area contributed by atoms with Crippen molar-refractivity contribution in [1.29, 1.82) is 0 Å². The molecular weight excluding hydrogens is 428 g/mol. The molecule has 0 amide bonds. The van der Waals surface area contributed by atoms with E-state index < -0.39 is 35.3 Å². The van der Waals surface area contributed by atoms with E-state index in [1.807, 2.05) is 20.8 Å². The summed E-state index contributed by atoms with van der Waals surface area (Å²) in [4.78, 5) is 36.3. The Bertz CT molecular complexity index is 893. The summed E-state index contributed by atoms with van der Waals surface area (Å²) in [6.07, 6.45) is 1.18. The molecule has 0 aromatic rings. The summed E-state index contributed by atoms with van der Waals surface area (Å²) < 4.78 is 23.1. The Kier molecular flexibility index (Phi) is 5.72. The van der Waals surface area contributed by atoms with Crippen molar-refractivity contribution in [3.63, 3.8) is 0 Å². The fourth-order valence-corrected chi connectivity index (χ4v) is 7.95. The van der Waals surface area contributed by atoms with Gasteiger partial charge in [-0.05, 0) is 36.0 Å². The quantitative estimate of drug-likeness (QED) is 0.502. The van der Waals surface area contributed by atoms with Crippen LogP contribution in [0.1, 0.15) is 60.8 Å². The van der Waals surface area contributed by atoms with Crippen molar-refractivity contribution in [3.8, 4) is 0 Å². The number of aliphatic hydroxyl groups is 1. The first-order chi connectivity index (χ1) is 15.3. The molecule has 4 aliphatic rings. The molecule has 0 saturated heterocycles. The molecular formula is C25H36O8. The predicted molar refractivity (Wildman–Crippen MR) is 116 cm³/mol. The number of carbonyl (C=O) groups is 3. The van der Waals surface area contributed by atoms with Gasteiger partial charge in [-0.15, -0.1) is 0 Å². The summed E-state index contributed by atoms with van der Waals surface area (Å²) in [5, 5.41) is 11.7. The first-order valence-electron chi connectivity index (χ1n) is 11.8. The van der Waals surface area contributed by atoms with E-state index in [1.165, 1.54) is 19.9 Å². The fourth-order valence-electron chi connectivity index (χ4n) is 7.95. The number of aliphatic hydroxyl groups excluding tert-OH is 1. The van der Waals surface area contributed by atoms with Gasteiger partial charge >= 0.3 is 17.9 Å². The van der Waals surface area contributed by atoms with Crippen molar-refractivity contribution >= 4 is 17.9 Å². The number of hydrogen-bond donors (Lipinski definition) is 1. The lowest BCUT2D eigenvalue weighted by molar-refractivity contribution is -0.280. The second-order valence-electron chi connectivity index (χ2n) is 11.2. The molecule has 0 aromatic carbocycles. The van der Waals surface area contributed by atoms with Gasteiger partial charge in [-0.2, -0.15) is 0 Å². The predicted octanol–water partition coefficient (Wildman–Crippen LogP) is 2.76. The average Bonchev–Trinajstić information content (AvgIpc) is 3.04. The van der Waals surface area contributed by atoms with Gasteiger partial charge in [0.05, 0.1) is 6.10 Å². The highest BCUT2D eigenvalue weighted by Crippen LogP contribution is 2.67. The van der Waals surface area contributed by atoms with Gasteiger partial charge in [0.2, 0.25) is 5.79 Å². The molecule has 4 rings (SSSR count). The van der Waals surface area contributed by atoms with Crippen molar-refractivity contribution in [1.82, 2.24) is 0 Å². The summed E-state index contributed by atoms with van der Waals surface area (Å²) in [5.74, 6) is -3.21. The van der Waals surface area contributed by atoms with E-state index in [4.69, 9.17) is 18.9 Å². The van der Waals surface area contributed by atoms with E-state index in [-0.39, 0.29) is 41.2 Å². The second kappa shape index (κ2) is 7.80. The Morgan fingerprint density at radius 2 is 1.79 bits per heavy atom. The van der Waals surface area contributed by atoms with E-state index in [0.717, 1.165) is 5.57 Å². The standard InChI is InChI=1S/C25H36O8/c1-12-15-10-18(28)33-25(15,30-7)11-16-19(12)20(29)21(32-14(3)27)22-23(4,5)17(31-13(2)26)8-9-24(16,22)6/h10,12,16-17,19-22,29H,8-9,11H2,1-7H3. The second-order valence-corrected chi connectivity index (χ2v) is 11.2. The lowest BCUT2D eigenvalue weighted by Crippen LogP contribution is -2.70. The van der Waals surface area contributed by atoms with Crippen LogP contribution in [0.4, 0.5) is 0 Å². The Morgan fingerprint density at radius 1 is 1.15 bits per heavy atom. The van der Waals surface area contributed by atoms with Crippen LogP contribution in [0.25, 0.3) is 0 Å². The molecule has 8 nitrogen and oxygen atoms in total. The van der Waals surface area contributed by atoms with Crippen LogP contribution in [0.2, 0.25) is 0 Å². The van der Waals surface area contributed by atoms with Gasteiger partial charge in [0.25, 0.3) is 0 Å². The molecule has 9 atom stereocenters. The van der Waals surface area contributed by atoms with Crippen molar-refractivity contribution in [3.05, 3.63) is 11.6 Å². The van der Waals surface area contributed by atoms with Gasteiger partial charge in [-0.3, -0.25) is 9.59 Å². The first kappa shape index (κ1) is 24.2. The number of esters is 3. The summed E-state index contributed by atoms with van der Waals surface area (Å²) >= 11 is 0. The van der Waals surface area contributed by atoms with Gasteiger partial charge in [-0.1, -0.05) is 27.7 Å². The number of fused-ring (bicyclic) bond motifs is 4. The molecule has 0 aromatic heterocycles. The number of methoxy groups -OCH3 is 1. The van der Waals surface area contributed by atoms with E-state index in [1.54, 1.807) is 7.11 Å². The smallest absolute Gasteiger partial charge is 0.333 e. The fraction of sp³-hybridized carbons (Fsp3) is 0.800. The van der Waals surface area contributed by atoms with Crippen molar-refractivity contribution < 1.29 is 38.4 Å². The minimum Gasteiger partial charge on any atom is -0.462 e. The largest absolute Gasteiger partial charge is 0.462 e. The Labute approximate surface area is 195 Å². The molecule has 33 heavy (non-hydrogen) atoms. The zero-order valence-electron chi connectivity index (χ0n) is 20.5. The van der Waals surface area contributed by atoms with E-state index in [0.29, 0.717) is 19.3 Å². The molecule has 8 heteroatoms. The molecule has 0 radical (unpaired) electrons. The number of carbonyl (C=O) groups excluding carboxylic acids is 3. The Balaban J connectivity index is 1.84. The Morgan fingerprint density at radius 3 is 2.36 bits per heavy atom. The minimum absolute atomic E-state index is 0.0696. The van der Waals surface area contributed by atoms with Gasteiger partial charge in [0.15, 0.2) is 0 Å². The molecule has 1 heterocycles. The molecule has 184 valence electrons. The highest BCUT2D eigenvalue weighted by Gasteiger charge is 2.70. The maximum atomic E-state index is 12.3. The lowest BCUT2D eigenvalue weighted by Gasteiger charge is -2.66. The van der Waals surface area contributed by atoms with Crippen LogP contribution in [-0.2, 0) is 33.3 Å². The molecule has 9 unspecified atom stereocenters. The summed E-state index contributed by atoms with van der Waals surface area (Å²) in [7, 11) is 1.54. The summed E-state index contributed by atoms with van der Waals surface area (Å²) in [6.45, 7) is 10.9. The maximum absolute atomic E-state index is 12.3. The monoisotopic (exact) mass is 464 g/mol. The SMILES string of the molecule is COC12CC3C(C(C)C1=CC(=O)O2)C(O)C(OC(C)=O)C1C(C)(C)C(OC(C)=O)CCC31C. The van der Waals surface area contributed by atoms with Crippen LogP contribution in [0, 0.1) is 34.5 Å². The maximum Gasteiger partial charge on any atom is 0.333 e. The Hall–Kier alpha value is -1.93. The van der Waals surface area contributed by atoms with Crippen LogP contribution >= 0.6 is 0 Å². The van der Waals surface area contributed by atoms with Crippen LogP contribution in [0.15, 0.2) is 11.6 Å². The van der Waals surface area contributed by atoms with Gasteiger partial charge in [0, 0.05) is 50.4 Å².